The summed E-state index contributed by atoms with van der Waals surface area (Å²) < 4.78 is 7.35. The fraction of sp³-hybridized carbons (Fsp3) is 0.400. The summed E-state index contributed by atoms with van der Waals surface area (Å²) in [6.07, 6.45) is 1.94. The van der Waals surface area contributed by atoms with Crippen LogP contribution in [-0.2, 0) is 11.8 Å². The summed E-state index contributed by atoms with van der Waals surface area (Å²) in [5.41, 5.74) is 2.72. The molecule has 2 rings (SSSR count). The average molecular weight is 245 g/mol. The highest BCUT2D eigenvalue weighted by Gasteiger charge is 2.18. The van der Waals surface area contributed by atoms with Crippen molar-refractivity contribution in [3.8, 4) is 0 Å². The van der Waals surface area contributed by atoms with E-state index in [9.17, 15) is 4.79 Å². The lowest BCUT2D eigenvalue weighted by Crippen LogP contribution is -2.08. The number of ether oxygens (including phenoxy) is 1. The molecule has 0 radical (unpaired) electrons. The second kappa shape index (κ2) is 5.25. The van der Waals surface area contributed by atoms with E-state index < -0.39 is 0 Å². The minimum atomic E-state index is -0.210. The SMILES string of the molecule is CCCCOC(=O)c1c(C)n(C)c2ccccc12. The van der Waals surface area contributed by atoms with E-state index in [0.29, 0.717) is 12.2 Å². The number of para-hydroxylation sites is 1. The van der Waals surface area contributed by atoms with Crippen LogP contribution in [-0.4, -0.2) is 17.1 Å². The van der Waals surface area contributed by atoms with E-state index in [1.54, 1.807) is 0 Å². The number of carbonyl (C=O) groups excluding carboxylic acids is 1. The predicted octanol–water partition coefficient (Wildman–Crippen LogP) is 3.44. The van der Waals surface area contributed by atoms with Crippen LogP contribution in [0.15, 0.2) is 24.3 Å². The van der Waals surface area contributed by atoms with Gasteiger partial charge < -0.3 is 9.30 Å². The number of hydrogen-bond acceptors (Lipinski definition) is 2. The highest BCUT2D eigenvalue weighted by molar-refractivity contribution is 6.05. The molecule has 0 saturated carbocycles. The van der Waals surface area contributed by atoms with Gasteiger partial charge in [0.1, 0.15) is 0 Å². The Morgan fingerprint density at radius 1 is 1.33 bits per heavy atom. The van der Waals surface area contributed by atoms with Crippen LogP contribution in [0.25, 0.3) is 10.9 Å². The lowest BCUT2D eigenvalue weighted by Gasteiger charge is -2.04. The summed E-state index contributed by atoms with van der Waals surface area (Å²) in [6, 6.07) is 7.92. The molecule has 0 aliphatic rings. The van der Waals surface area contributed by atoms with E-state index in [1.807, 2.05) is 42.8 Å². The van der Waals surface area contributed by atoms with E-state index in [-0.39, 0.29) is 5.97 Å². The summed E-state index contributed by atoms with van der Waals surface area (Å²) >= 11 is 0. The molecule has 1 aromatic carbocycles. The molecule has 0 N–H and O–H groups in total. The van der Waals surface area contributed by atoms with Gasteiger partial charge in [-0.15, -0.1) is 0 Å². The standard InChI is InChI=1S/C15H19NO2/c1-4-5-10-18-15(17)14-11(2)16(3)13-9-7-6-8-12(13)14/h6-9H,4-5,10H2,1-3H3. The Labute approximate surface area is 107 Å². The van der Waals surface area contributed by atoms with Gasteiger partial charge in [-0.1, -0.05) is 31.5 Å². The molecule has 0 aliphatic heterocycles. The number of benzene rings is 1. The maximum atomic E-state index is 12.1. The van der Waals surface area contributed by atoms with E-state index in [4.69, 9.17) is 4.74 Å². The zero-order chi connectivity index (χ0) is 13.1. The average Bonchev–Trinajstić information content (AvgIpc) is 2.63. The van der Waals surface area contributed by atoms with Crippen LogP contribution >= 0.6 is 0 Å². The Hall–Kier alpha value is -1.77. The molecule has 96 valence electrons. The fourth-order valence-corrected chi connectivity index (χ4v) is 2.16. The minimum absolute atomic E-state index is 0.210. The summed E-state index contributed by atoms with van der Waals surface area (Å²) in [5, 5.41) is 0.971. The largest absolute Gasteiger partial charge is 0.462 e. The maximum Gasteiger partial charge on any atom is 0.340 e. The highest BCUT2D eigenvalue weighted by atomic mass is 16.5. The molecule has 0 aliphatic carbocycles. The van der Waals surface area contributed by atoms with Crippen molar-refractivity contribution in [3.05, 3.63) is 35.5 Å². The van der Waals surface area contributed by atoms with Crippen molar-refractivity contribution in [1.29, 1.82) is 0 Å². The lowest BCUT2D eigenvalue weighted by molar-refractivity contribution is 0.0501. The van der Waals surface area contributed by atoms with E-state index in [0.717, 1.165) is 29.4 Å². The number of rotatable bonds is 4. The molecular weight excluding hydrogens is 226 g/mol. The second-order valence-corrected chi connectivity index (χ2v) is 4.53. The number of nitrogens with zero attached hydrogens (tertiary/aromatic N) is 1. The summed E-state index contributed by atoms with van der Waals surface area (Å²) in [4.78, 5) is 12.1. The smallest absolute Gasteiger partial charge is 0.340 e. The van der Waals surface area contributed by atoms with Gasteiger partial charge >= 0.3 is 5.97 Å². The van der Waals surface area contributed by atoms with Gasteiger partial charge in [-0.25, -0.2) is 4.79 Å². The Bertz CT molecular complexity index is 569. The van der Waals surface area contributed by atoms with Crippen LogP contribution < -0.4 is 0 Å². The van der Waals surface area contributed by atoms with E-state index in [2.05, 4.69) is 6.92 Å². The Morgan fingerprint density at radius 2 is 2.06 bits per heavy atom. The van der Waals surface area contributed by atoms with Crippen molar-refractivity contribution in [2.24, 2.45) is 7.05 Å². The van der Waals surface area contributed by atoms with E-state index >= 15 is 0 Å². The van der Waals surface area contributed by atoms with Gasteiger partial charge in [-0.2, -0.15) is 0 Å². The molecule has 0 unspecified atom stereocenters. The Morgan fingerprint density at radius 3 is 2.78 bits per heavy atom. The molecular formula is C15H19NO2. The molecule has 0 amide bonds. The van der Waals surface area contributed by atoms with Crippen molar-refractivity contribution < 1.29 is 9.53 Å². The molecule has 1 aromatic heterocycles. The van der Waals surface area contributed by atoms with Gasteiger partial charge in [0.2, 0.25) is 0 Å². The van der Waals surface area contributed by atoms with Gasteiger partial charge in [-0.3, -0.25) is 0 Å². The third-order valence-corrected chi connectivity index (χ3v) is 3.33. The molecule has 0 atom stereocenters. The van der Waals surface area contributed by atoms with Crippen LogP contribution in [0.3, 0.4) is 0 Å². The van der Waals surface area contributed by atoms with Crippen LogP contribution in [0, 0.1) is 6.92 Å². The first-order valence-electron chi connectivity index (χ1n) is 6.38. The predicted molar refractivity (Wildman–Crippen MR) is 72.8 cm³/mol. The number of unbranched alkanes of at least 4 members (excludes halogenated alkanes) is 1. The molecule has 2 aromatic rings. The van der Waals surface area contributed by atoms with Crippen LogP contribution in [0.2, 0.25) is 0 Å². The van der Waals surface area contributed by atoms with Crippen molar-refractivity contribution in [1.82, 2.24) is 4.57 Å². The zero-order valence-corrected chi connectivity index (χ0v) is 11.2. The highest BCUT2D eigenvalue weighted by Crippen LogP contribution is 2.25. The molecule has 3 heteroatoms. The zero-order valence-electron chi connectivity index (χ0n) is 11.2. The molecule has 0 bridgehead atoms. The summed E-state index contributed by atoms with van der Waals surface area (Å²) in [7, 11) is 1.97. The van der Waals surface area contributed by atoms with Crippen molar-refractivity contribution >= 4 is 16.9 Å². The Balaban J connectivity index is 2.38. The summed E-state index contributed by atoms with van der Waals surface area (Å²) in [6.45, 7) is 4.53. The van der Waals surface area contributed by atoms with Gasteiger partial charge in [0.05, 0.1) is 12.2 Å². The second-order valence-electron chi connectivity index (χ2n) is 4.53. The number of esters is 1. The van der Waals surface area contributed by atoms with Crippen LogP contribution in [0.1, 0.15) is 35.8 Å². The molecule has 3 nitrogen and oxygen atoms in total. The fourth-order valence-electron chi connectivity index (χ4n) is 2.16. The molecule has 0 spiro atoms. The van der Waals surface area contributed by atoms with Gasteiger partial charge in [0, 0.05) is 23.6 Å². The first-order valence-corrected chi connectivity index (χ1v) is 6.38. The van der Waals surface area contributed by atoms with Crippen LogP contribution in [0.5, 0.6) is 0 Å². The number of fused-ring (bicyclic) bond motifs is 1. The normalized spacial score (nSPS) is 10.8. The molecule has 1 heterocycles. The number of carbonyl (C=O) groups is 1. The molecule has 0 fully saturated rings. The maximum absolute atomic E-state index is 12.1. The molecule has 18 heavy (non-hydrogen) atoms. The Kier molecular flexibility index (Phi) is 3.70. The van der Waals surface area contributed by atoms with Gasteiger partial charge in [0.25, 0.3) is 0 Å². The topological polar surface area (TPSA) is 31.2 Å². The van der Waals surface area contributed by atoms with Gasteiger partial charge in [-0.05, 0) is 19.4 Å². The van der Waals surface area contributed by atoms with Crippen LogP contribution in [0.4, 0.5) is 0 Å². The first kappa shape index (κ1) is 12.7. The molecule has 0 saturated heterocycles. The van der Waals surface area contributed by atoms with Crippen molar-refractivity contribution in [3.63, 3.8) is 0 Å². The number of hydrogen-bond donors (Lipinski definition) is 0. The first-order chi connectivity index (χ1) is 8.66. The number of aromatic nitrogens is 1. The van der Waals surface area contributed by atoms with Crippen molar-refractivity contribution in [2.45, 2.75) is 26.7 Å². The lowest BCUT2D eigenvalue weighted by atomic mass is 10.1. The quantitative estimate of drug-likeness (QED) is 0.610. The summed E-state index contributed by atoms with van der Waals surface area (Å²) in [5.74, 6) is -0.210. The number of aryl methyl sites for hydroxylation is 1. The monoisotopic (exact) mass is 245 g/mol. The minimum Gasteiger partial charge on any atom is -0.462 e. The third kappa shape index (κ3) is 2.13. The van der Waals surface area contributed by atoms with Gasteiger partial charge in [0.15, 0.2) is 0 Å². The van der Waals surface area contributed by atoms with E-state index in [1.165, 1.54) is 0 Å². The third-order valence-electron chi connectivity index (χ3n) is 3.33. The van der Waals surface area contributed by atoms with Crippen molar-refractivity contribution in [2.75, 3.05) is 6.61 Å².